The Kier molecular flexibility index (Phi) is 8.91. The maximum absolute atomic E-state index is 6.15. The summed E-state index contributed by atoms with van der Waals surface area (Å²) in [6.45, 7) is 11.2. The summed E-state index contributed by atoms with van der Waals surface area (Å²) in [5.41, 5.74) is 8.80. The highest BCUT2D eigenvalue weighted by Gasteiger charge is 2.23. The lowest BCUT2D eigenvalue weighted by molar-refractivity contribution is 0.251. The molecule has 0 bridgehead atoms. The van der Waals surface area contributed by atoms with Gasteiger partial charge in [0, 0.05) is 13.1 Å². The summed E-state index contributed by atoms with van der Waals surface area (Å²) in [7, 11) is 0. The van der Waals surface area contributed by atoms with Crippen LogP contribution in [0.3, 0.4) is 0 Å². The largest absolute Gasteiger partial charge is 0.370 e. The lowest BCUT2D eigenvalue weighted by Gasteiger charge is -2.27. The quantitative estimate of drug-likeness (QED) is 0.428. The molecule has 5 heteroatoms. The molecule has 2 rings (SSSR count). The number of hydrogen-bond acceptors (Lipinski definition) is 2. The van der Waals surface area contributed by atoms with Gasteiger partial charge in [0.05, 0.1) is 12.6 Å². The van der Waals surface area contributed by atoms with Gasteiger partial charge in [-0.05, 0) is 52.3 Å². The van der Waals surface area contributed by atoms with Gasteiger partial charge in [0.1, 0.15) is 0 Å². The Morgan fingerprint density at radius 1 is 1.17 bits per heavy atom. The van der Waals surface area contributed by atoms with Gasteiger partial charge in [0.2, 0.25) is 0 Å². The van der Waals surface area contributed by atoms with Crippen LogP contribution >= 0.6 is 24.0 Å². The third-order valence-electron chi connectivity index (χ3n) is 4.56. The van der Waals surface area contributed by atoms with Crippen LogP contribution in [0, 0.1) is 6.92 Å². The zero-order chi connectivity index (χ0) is 15.9. The molecule has 0 radical (unpaired) electrons. The van der Waals surface area contributed by atoms with Crippen LogP contribution in [0.1, 0.15) is 43.9 Å². The van der Waals surface area contributed by atoms with Crippen molar-refractivity contribution in [3.05, 3.63) is 35.4 Å². The fourth-order valence-corrected chi connectivity index (χ4v) is 3.10. The number of aryl methyl sites for hydroxylation is 1. The molecule has 23 heavy (non-hydrogen) atoms. The Hall–Kier alpha value is -0.820. The number of nitrogens with zero attached hydrogens (tertiary/aromatic N) is 3. The predicted molar refractivity (Wildman–Crippen MR) is 110 cm³/mol. The minimum atomic E-state index is 0. The Morgan fingerprint density at radius 2 is 1.74 bits per heavy atom. The van der Waals surface area contributed by atoms with E-state index in [-0.39, 0.29) is 24.0 Å². The van der Waals surface area contributed by atoms with Crippen LogP contribution in [0.25, 0.3) is 0 Å². The number of nitrogens with two attached hydrogens (primary N) is 1. The van der Waals surface area contributed by atoms with Gasteiger partial charge in [0.25, 0.3) is 0 Å². The monoisotopic (exact) mass is 430 g/mol. The van der Waals surface area contributed by atoms with Crippen molar-refractivity contribution in [2.75, 3.05) is 32.7 Å². The van der Waals surface area contributed by atoms with Crippen LogP contribution in [0.15, 0.2) is 29.3 Å². The molecule has 1 aromatic rings. The van der Waals surface area contributed by atoms with E-state index in [0.29, 0.717) is 12.0 Å². The molecular formula is C18H31IN4. The molecule has 1 heterocycles. The minimum Gasteiger partial charge on any atom is -0.370 e. The van der Waals surface area contributed by atoms with Gasteiger partial charge in [-0.1, -0.05) is 29.8 Å². The maximum atomic E-state index is 6.15. The number of hydrogen-bond donors (Lipinski definition) is 1. The first kappa shape index (κ1) is 20.2. The number of likely N-dealkylation sites (tertiary alicyclic amines) is 1. The highest BCUT2D eigenvalue weighted by atomic mass is 127. The Balaban J connectivity index is 0.00000264. The molecule has 4 nitrogen and oxygen atoms in total. The van der Waals surface area contributed by atoms with Crippen LogP contribution in [0.2, 0.25) is 0 Å². The third kappa shape index (κ3) is 5.64. The Bertz CT molecular complexity index is 476. The average Bonchev–Trinajstić information content (AvgIpc) is 3.04. The van der Waals surface area contributed by atoms with Crippen LogP contribution < -0.4 is 5.73 Å². The zero-order valence-electron chi connectivity index (χ0n) is 14.7. The van der Waals surface area contributed by atoms with Crippen molar-refractivity contribution in [1.29, 1.82) is 0 Å². The van der Waals surface area contributed by atoms with Gasteiger partial charge < -0.3 is 10.6 Å². The smallest absolute Gasteiger partial charge is 0.191 e. The maximum Gasteiger partial charge on any atom is 0.191 e. The van der Waals surface area contributed by atoms with Gasteiger partial charge >= 0.3 is 0 Å². The first-order chi connectivity index (χ1) is 10.7. The van der Waals surface area contributed by atoms with E-state index in [4.69, 9.17) is 5.73 Å². The number of guanidine groups is 1. The number of benzene rings is 1. The van der Waals surface area contributed by atoms with Gasteiger partial charge in [-0.3, -0.25) is 9.89 Å². The molecular weight excluding hydrogens is 399 g/mol. The summed E-state index contributed by atoms with van der Waals surface area (Å²) in [6, 6.07) is 9.20. The summed E-state index contributed by atoms with van der Waals surface area (Å²) in [5, 5.41) is 0. The minimum absolute atomic E-state index is 0. The molecule has 1 aliphatic rings. The van der Waals surface area contributed by atoms with Crippen molar-refractivity contribution >= 4 is 29.9 Å². The molecule has 1 unspecified atom stereocenters. The molecule has 0 aromatic heterocycles. The van der Waals surface area contributed by atoms with Crippen molar-refractivity contribution in [3.8, 4) is 0 Å². The van der Waals surface area contributed by atoms with Gasteiger partial charge in [-0.15, -0.1) is 24.0 Å². The standard InChI is InChI=1S/C18H30N4.HI/c1-4-21(5-2)18(19)20-14-17(22-12-6-7-13-22)16-10-8-15(3)9-11-16;/h8-11,17H,4-7,12-14H2,1-3H3,(H2,19,20);1H. The summed E-state index contributed by atoms with van der Waals surface area (Å²) >= 11 is 0. The second-order valence-corrected chi connectivity index (χ2v) is 6.04. The van der Waals surface area contributed by atoms with Crippen molar-refractivity contribution < 1.29 is 0 Å². The average molecular weight is 430 g/mol. The highest BCUT2D eigenvalue weighted by molar-refractivity contribution is 14.0. The fraction of sp³-hybridized carbons (Fsp3) is 0.611. The number of halogens is 1. The van der Waals surface area contributed by atoms with E-state index in [2.05, 4.69) is 59.8 Å². The van der Waals surface area contributed by atoms with E-state index < -0.39 is 0 Å². The van der Waals surface area contributed by atoms with Gasteiger partial charge in [0.15, 0.2) is 5.96 Å². The van der Waals surface area contributed by atoms with Crippen molar-refractivity contribution in [1.82, 2.24) is 9.80 Å². The Morgan fingerprint density at radius 3 is 2.26 bits per heavy atom. The lowest BCUT2D eigenvalue weighted by atomic mass is 10.0. The molecule has 0 aliphatic carbocycles. The lowest BCUT2D eigenvalue weighted by Crippen LogP contribution is -2.38. The van der Waals surface area contributed by atoms with E-state index in [1.54, 1.807) is 0 Å². The fourth-order valence-electron chi connectivity index (χ4n) is 3.10. The number of aliphatic imine (C=N–C) groups is 1. The zero-order valence-corrected chi connectivity index (χ0v) is 17.0. The van der Waals surface area contributed by atoms with E-state index >= 15 is 0 Å². The first-order valence-electron chi connectivity index (χ1n) is 8.51. The highest BCUT2D eigenvalue weighted by Crippen LogP contribution is 2.25. The van der Waals surface area contributed by atoms with Gasteiger partial charge in [-0.2, -0.15) is 0 Å². The van der Waals surface area contributed by atoms with E-state index in [1.165, 1.54) is 37.1 Å². The molecule has 1 aromatic carbocycles. The topological polar surface area (TPSA) is 44.9 Å². The number of rotatable bonds is 6. The van der Waals surface area contributed by atoms with Crippen molar-refractivity contribution in [2.24, 2.45) is 10.7 Å². The molecule has 2 N–H and O–H groups in total. The second-order valence-electron chi connectivity index (χ2n) is 6.04. The summed E-state index contributed by atoms with van der Waals surface area (Å²) < 4.78 is 0. The normalized spacial score (nSPS) is 16.9. The molecule has 0 amide bonds. The Labute approximate surface area is 158 Å². The first-order valence-corrected chi connectivity index (χ1v) is 8.51. The van der Waals surface area contributed by atoms with Crippen LogP contribution in [-0.2, 0) is 0 Å². The summed E-state index contributed by atoms with van der Waals surface area (Å²) in [4.78, 5) is 9.34. The molecule has 1 saturated heterocycles. The molecule has 0 saturated carbocycles. The van der Waals surface area contributed by atoms with Crippen LogP contribution in [0.4, 0.5) is 0 Å². The second kappa shape index (κ2) is 10.1. The van der Waals surface area contributed by atoms with Crippen molar-refractivity contribution in [2.45, 2.75) is 39.7 Å². The SMILES string of the molecule is CCN(CC)C(N)=NCC(c1ccc(C)cc1)N1CCCC1.I. The van der Waals surface area contributed by atoms with E-state index in [1.807, 2.05) is 0 Å². The molecule has 0 spiro atoms. The van der Waals surface area contributed by atoms with Crippen LogP contribution in [0.5, 0.6) is 0 Å². The predicted octanol–water partition coefficient (Wildman–Crippen LogP) is 3.41. The van der Waals surface area contributed by atoms with Crippen LogP contribution in [-0.4, -0.2) is 48.5 Å². The summed E-state index contributed by atoms with van der Waals surface area (Å²) in [5.74, 6) is 0.668. The third-order valence-corrected chi connectivity index (χ3v) is 4.56. The molecule has 1 atom stereocenters. The molecule has 1 aliphatic heterocycles. The summed E-state index contributed by atoms with van der Waals surface area (Å²) in [6.07, 6.45) is 2.58. The van der Waals surface area contributed by atoms with E-state index in [9.17, 15) is 0 Å². The van der Waals surface area contributed by atoms with E-state index in [0.717, 1.165) is 19.6 Å². The molecule has 130 valence electrons. The van der Waals surface area contributed by atoms with Crippen molar-refractivity contribution in [3.63, 3.8) is 0 Å². The molecule has 1 fully saturated rings. The van der Waals surface area contributed by atoms with Gasteiger partial charge in [-0.25, -0.2) is 0 Å².